The Bertz CT molecular complexity index is 372. The number of ether oxygens (including phenoxy) is 1. The van der Waals surface area contributed by atoms with Crippen LogP contribution < -0.4 is 59.1 Å². The van der Waals surface area contributed by atoms with Crippen LogP contribution in [0.15, 0.2) is 0 Å². The van der Waals surface area contributed by atoms with E-state index in [2.05, 4.69) is 0 Å². The van der Waals surface area contributed by atoms with E-state index in [9.17, 15) is 25.2 Å². The predicted molar refractivity (Wildman–Crippen MR) is 51.9 cm³/mol. The minimum absolute atomic E-state index is 0. The number of aliphatic hydroxyl groups is 1. The number of fused-ring (bicyclic) bond motifs is 3. The van der Waals surface area contributed by atoms with Crippen LogP contribution >= 0.6 is 0 Å². The molecule has 0 unspecified atom stereocenters. The summed E-state index contributed by atoms with van der Waals surface area (Å²) in [5.41, 5.74) is 0. The molecule has 0 bridgehead atoms. The van der Waals surface area contributed by atoms with E-state index in [0.717, 1.165) is 0 Å². The van der Waals surface area contributed by atoms with Crippen LogP contribution in [0.2, 0.25) is 0 Å². The van der Waals surface area contributed by atoms with Gasteiger partial charge in [0.1, 0.15) is 0 Å². The van der Waals surface area contributed by atoms with Crippen LogP contribution in [-0.2, 0) is 23.4 Å². The number of rotatable bonds is 1. The summed E-state index contributed by atoms with van der Waals surface area (Å²) >= 11 is 0. The minimum Gasteiger partial charge on any atom is -0.533 e. The summed E-state index contributed by atoms with van der Waals surface area (Å²) in [7, 11) is 0. The van der Waals surface area contributed by atoms with Crippen molar-refractivity contribution < 1.29 is 108 Å². The van der Waals surface area contributed by atoms with E-state index < -0.39 is 44.6 Å². The molecule has 4 atom stereocenters. The molecule has 14 heteroatoms. The van der Waals surface area contributed by atoms with Gasteiger partial charge in [-0.25, -0.2) is 0 Å². The fraction of sp³-hybridized carbons (Fsp3) is 1.00. The van der Waals surface area contributed by atoms with Gasteiger partial charge < -0.3 is 48.6 Å². The van der Waals surface area contributed by atoms with Crippen LogP contribution in [0.5, 0.6) is 0 Å². The van der Waals surface area contributed by atoms with Crippen molar-refractivity contribution in [3.05, 3.63) is 0 Å². The molecule has 3 saturated heterocycles. The van der Waals surface area contributed by atoms with E-state index >= 15 is 0 Å². The molecule has 0 aromatic rings. The van der Waals surface area contributed by atoms with Crippen LogP contribution in [0.4, 0.5) is 0 Å². The summed E-state index contributed by atoms with van der Waals surface area (Å²) in [6.07, 6.45) is -3.21. The Morgan fingerprint density at radius 2 is 1.65 bits per heavy atom. The summed E-state index contributed by atoms with van der Waals surface area (Å²) in [5, 5.41) is 46.5. The fourth-order valence-corrected chi connectivity index (χ4v) is 2.52. The maximum Gasteiger partial charge on any atom is 1.00 e. The van der Waals surface area contributed by atoms with Gasteiger partial charge in [-0.1, -0.05) is 0 Å². The van der Waals surface area contributed by atoms with Gasteiger partial charge in [-0.2, -0.15) is 0 Å². The van der Waals surface area contributed by atoms with Crippen molar-refractivity contribution >= 4 is 13.9 Å². The molecule has 3 heterocycles. The van der Waals surface area contributed by atoms with Crippen molar-refractivity contribution in [2.45, 2.75) is 24.1 Å². The molecule has 0 aromatic heterocycles. The van der Waals surface area contributed by atoms with E-state index in [1.165, 1.54) is 0 Å². The van der Waals surface area contributed by atoms with Gasteiger partial charge in [-0.05, 0) is 0 Å². The zero-order valence-electron chi connectivity index (χ0n) is 11.1. The molecule has 3 rings (SSSR count). The third kappa shape index (κ3) is 3.31. The third-order valence-electron chi connectivity index (χ3n) is 3.17. The van der Waals surface area contributed by atoms with Crippen molar-refractivity contribution in [2.75, 3.05) is 13.2 Å². The molecule has 0 saturated carbocycles. The molecule has 10 nitrogen and oxygen atoms in total. The van der Waals surface area contributed by atoms with Gasteiger partial charge >= 0.3 is 73.0 Å². The summed E-state index contributed by atoms with van der Waals surface area (Å²) in [6.45, 7) is -8.03. The van der Waals surface area contributed by atoms with Gasteiger partial charge in [0, 0.05) is 0 Å². The molecule has 3 fully saturated rings. The summed E-state index contributed by atoms with van der Waals surface area (Å²) in [4.78, 5) is 0. The minimum atomic E-state index is -3.63. The second kappa shape index (κ2) is 6.32. The molecule has 3 aliphatic heterocycles. The number of hydrogen-bond donors (Lipinski definition) is 5. The summed E-state index contributed by atoms with van der Waals surface area (Å²) in [6, 6.07) is 0. The van der Waals surface area contributed by atoms with Crippen LogP contribution in [0.25, 0.3) is 0 Å². The number of aliphatic hydroxyl groups excluding tert-OH is 1. The monoisotopic (exact) mass is 312 g/mol. The molecular formula is C6H12B2Na2O10. The van der Waals surface area contributed by atoms with Gasteiger partial charge in [0.25, 0.3) is 0 Å². The molecule has 0 aromatic carbocycles. The van der Waals surface area contributed by atoms with Gasteiger partial charge in [-0.15, -0.1) is 0 Å². The molecule has 0 aliphatic carbocycles. The SMILES string of the molecule is OC[C@@]12OC[C@H]3O[B-](O)(O)O[C@H]3[C@@H]1O[B-](O)(O)O2.[Na+].[Na+]. The zero-order chi connectivity index (χ0) is 13.2. The van der Waals surface area contributed by atoms with Gasteiger partial charge in [0.05, 0.1) is 31.5 Å². The average molecular weight is 312 g/mol. The predicted octanol–water partition coefficient (Wildman–Crippen LogP) is -10.2. The normalized spacial score (nSPS) is 44.0. The van der Waals surface area contributed by atoms with E-state index in [1.54, 1.807) is 0 Å². The number of hydrogen-bond acceptors (Lipinski definition) is 10. The van der Waals surface area contributed by atoms with Crippen molar-refractivity contribution in [2.24, 2.45) is 0 Å². The summed E-state index contributed by atoms with van der Waals surface area (Å²) in [5.74, 6) is -1.83. The first-order valence-corrected chi connectivity index (χ1v) is 5.41. The summed E-state index contributed by atoms with van der Waals surface area (Å²) < 4.78 is 24.3. The Morgan fingerprint density at radius 1 is 1.00 bits per heavy atom. The molecule has 0 spiro atoms. The average Bonchev–Trinajstić information content (AvgIpc) is 2.70. The van der Waals surface area contributed by atoms with E-state index in [-0.39, 0.29) is 65.7 Å². The molecule has 3 aliphatic rings. The van der Waals surface area contributed by atoms with Gasteiger partial charge in [0.15, 0.2) is 5.79 Å². The fourth-order valence-electron chi connectivity index (χ4n) is 2.52. The first kappa shape index (κ1) is 19.8. The van der Waals surface area contributed by atoms with Crippen LogP contribution in [0.3, 0.4) is 0 Å². The van der Waals surface area contributed by atoms with Crippen molar-refractivity contribution in [3.8, 4) is 0 Å². The van der Waals surface area contributed by atoms with E-state index in [4.69, 9.17) is 23.4 Å². The maximum absolute atomic E-state index is 9.34. The first-order chi connectivity index (χ1) is 8.27. The topological polar surface area (TPSA) is 147 Å². The van der Waals surface area contributed by atoms with Gasteiger partial charge in [0.2, 0.25) is 0 Å². The van der Waals surface area contributed by atoms with Crippen LogP contribution in [0.1, 0.15) is 0 Å². The van der Waals surface area contributed by atoms with E-state index in [0.29, 0.717) is 0 Å². The Labute approximate surface area is 158 Å². The first-order valence-electron chi connectivity index (χ1n) is 5.41. The van der Waals surface area contributed by atoms with Crippen molar-refractivity contribution in [1.82, 2.24) is 0 Å². The molecule has 20 heavy (non-hydrogen) atoms. The van der Waals surface area contributed by atoms with Crippen molar-refractivity contribution in [3.63, 3.8) is 0 Å². The third-order valence-corrected chi connectivity index (χ3v) is 3.17. The molecule has 5 N–H and O–H groups in total. The van der Waals surface area contributed by atoms with Crippen LogP contribution in [-0.4, -0.2) is 76.4 Å². The quantitative estimate of drug-likeness (QED) is 0.296. The molecule has 104 valence electrons. The Morgan fingerprint density at radius 3 is 2.25 bits per heavy atom. The Balaban J connectivity index is 0.000001000. The largest absolute Gasteiger partial charge is 1.00 e. The Hall–Kier alpha value is 1.73. The standard InChI is InChI=1S/C6H12B2O10.2Na/c9-2-6-5(17-8(12,13)18-6)4-3(1-14-6)15-7(10,11)16-4;;/h3-5,9-13H,1-2H2;;/q-2;2*+1/t3-,4-,5+,6+;;/m1../s1. The zero-order valence-corrected chi connectivity index (χ0v) is 15.1. The molecule has 0 radical (unpaired) electrons. The van der Waals surface area contributed by atoms with E-state index in [1.807, 2.05) is 0 Å². The smallest absolute Gasteiger partial charge is 0.533 e. The van der Waals surface area contributed by atoms with Gasteiger partial charge in [-0.3, -0.25) is 0 Å². The molecule has 0 amide bonds. The maximum atomic E-state index is 9.34. The second-order valence-corrected chi connectivity index (χ2v) is 4.50. The second-order valence-electron chi connectivity index (χ2n) is 4.50. The van der Waals surface area contributed by atoms with Crippen LogP contribution in [0, 0.1) is 0 Å². The van der Waals surface area contributed by atoms with Crippen molar-refractivity contribution in [1.29, 1.82) is 0 Å². The Kier molecular flexibility index (Phi) is 6.25. The molecular weight excluding hydrogens is 300 g/mol.